The Morgan fingerprint density at radius 3 is 3.17 bits per heavy atom. The SMILES string of the molecule is CN1CCSCC1c1ncc2c(n1)CCCC2=O. The molecule has 1 aromatic rings. The molecule has 1 aromatic heterocycles. The Morgan fingerprint density at radius 1 is 1.44 bits per heavy atom. The van der Waals surface area contributed by atoms with Crippen molar-refractivity contribution in [3.63, 3.8) is 0 Å². The molecule has 2 aliphatic rings. The second-order valence-corrected chi connectivity index (χ2v) is 6.09. The third-order valence-electron chi connectivity index (χ3n) is 3.70. The Kier molecular flexibility index (Phi) is 3.35. The van der Waals surface area contributed by atoms with Crippen LogP contribution in [0.15, 0.2) is 6.20 Å². The molecule has 0 radical (unpaired) electrons. The Morgan fingerprint density at radius 2 is 2.33 bits per heavy atom. The molecule has 5 heteroatoms. The molecule has 1 aliphatic carbocycles. The van der Waals surface area contributed by atoms with Crippen LogP contribution in [-0.2, 0) is 6.42 Å². The summed E-state index contributed by atoms with van der Waals surface area (Å²) in [6, 6.07) is 0.297. The van der Waals surface area contributed by atoms with Gasteiger partial charge >= 0.3 is 0 Å². The van der Waals surface area contributed by atoms with Crippen LogP contribution in [0.5, 0.6) is 0 Å². The normalized spacial score (nSPS) is 24.9. The minimum Gasteiger partial charge on any atom is -0.295 e. The minimum absolute atomic E-state index is 0.203. The van der Waals surface area contributed by atoms with Gasteiger partial charge in [0.25, 0.3) is 0 Å². The number of hydrogen-bond acceptors (Lipinski definition) is 5. The molecule has 96 valence electrons. The number of aromatic nitrogens is 2. The first-order chi connectivity index (χ1) is 8.75. The summed E-state index contributed by atoms with van der Waals surface area (Å²) >= 11 is 1.95. The van der Waals surface area contributed by atoms with Crippen molar-refractivity contribution >= 4 is 17.5 Å². The number of Topliss-reactive ketones (excluding diaryl/α,β-unsaturated/α-hetero) is 1. The molecule has 0 N–H and O–H groups in total. The lowest BCUT2D eigenvalue weighted by Crippen LogP contribution is -2.34. The molecule has 0 bridgehead atoms. The van der Waals surface area contributed by atoms with E-state index in [2.05, 4.69) is 21.9 Å². The smallest absolute Gasteiger partial charge is 0.166 e. The van der Waals surface area contributed by atoms with Crippen LogP contribution in [0.4, 0.5) is 0 Å². The minimum atomic E-state index is 0.203. The van der Waals surface area contributed by atoms with Crippen LogP contribution in [0, 0.1) is 0 Å². The number of rotatable bonds is 1. The van der Waals surface area contributed by atoms with Crippen LogP contribution in [-0.4, -0.2) is 45.7 Å². The van der Waals surface area contributed by atoms with Crippen molar-refractivity contribution in [1.29, 1.82) is 0 Å². The van der Waals surface area contributed by atoms with Gasteiger partial charge in [-0.15, -0.1) is 0 Å². The molecule has 0 spiro atoms. The molecule has 1 aliphatic heterocycles. The first kappa shape index (κ1) is 12.1. The van der Waals surface area contributed by atoms with E-state index in [0.29, 0.717) is 12.5 Å². The summed E-state index contributed by atoms with van der Waals surface area (Å²) in [6.07, 6.45) is 4.23. The zero-order valence-electron chi connectivity index (χ0n) is 10.6. The van der Waals surface area contributed by atoms with E-state index in [-0.39, 0.29) is 5.78 Å². The lowest BCUT2D eigenvalue weighted by atomic mass is 9.96. The molecule has 1 unspecified atom stereocenters. The van der Waals surface area contributed by atoms with Crippen LogP contribution in [0.1, 0.15) is 40.8 Å². The predicted molar refractivity (Wildman–Crippen MR) is 72.0 cm³/mol. The van der Waals surface area contributed by atoms with Gasteiger partial charge in [-0.1, -0.05) is 0 Å². The van der Waals surface area contributed by atoms with E-state index >= 15 is 0 Å². The Balaban J connectivity index is 1.91. The molecule has 4 nitrogen and oxygen atoms in total. The number of fused-ring (bicyclic) bond motifs is 1. The summed E-state index contributed by atoms with van der Waals surface area (Å²) in [5, 5.41) is 0. The van der Waals surface area contributed by atoms with Crippen LogP contribution >= 0.6 is 11.8 Å². The van der Waals surface area contributed by atoms with Gasteiger partial charge in [-0.05, 0) is 19.9 Å². The van der Waals surface area contributed by atoms with Gasteiger partial charge in [0, 0.05) is 30.7 Å². The number of thioether (sulfide) groups is 1. The van der Waals surface area contributed by atoms with E-state index < -0.39 is 0 Å². The van der Waals surface area contributed by atoms with Gasteiger partial charge in [-0.2, -0.15) is 11.8 Å². The van der Waals surface area contributed by atoms with Gasteiger partial charge in [0.15, 0.2) is 5.78 Å². The highest BCUT2D eigenvalue weighted by atomic mass is 32.2. The van der Waals surface area contributed by atoms with Gasteiger partial charge in [0.05, 0.1) is 17.3 Å². The highest BCUT2D eigenvalue weighted by Crippen LogP contribution is 2.27. The molecule has 1 fully saturated rings. The first-order valence-electron chi connectivity index (χ1n) is 6.42. The number of nitrogens with zero attached hydrogens (tertiary/aromatic N) is 3. The van der Waals surface area contributed by atoms with Crippen LogP contribution in [0.2, 0.25) is 0 Å². The van der Waals surface area contributed by atoms with E-state index in [4.69, 9.17) is 0 Å². The molecule has 1 saturated heterocycles. The van der Waals surface area contributed by atoms with Gasteiger partial charge in [0.2, 0.25) is 0 Å². The van der Waals surface area contributed by atoms with Gasteiger partial charge < -0.3 is 0 Å². The van der Waals surface area contributed by atoms with Crippen molar-refractivity contribution in [2.24, 2.45) is 0 Å². The number of hydrogen-bond donors (Lipinski definition) is 0. The largest absolute Gasteiger partial charge is 0.295 e. The fourth-order valence-electron chi connectivity index (χ4n) is 2.53. The Labute approximate surface area is 111 Å². The molecule has 0 saturated carbocycles. The van der Waals surface area contributed by atoms with Gasteiger partial charge in [-0.3, -0.25) is 9.69 Å². The predicted octanol–water partition coefficient (Wildman–Crippen LogP) is 1.72. The van der Waals surface area contributed by atoms with Crippen molar-refractivity contribution in [2.45, 2.75) is 25.3 Å². The third-order valence-corrected chi connectivity index (χ3v) is 4.72. The van der Waals surface area contributed by atoms with Crippen molar-refractivity contribution < 1.29 is 4.79 Å². The van der Waals surface area contributed by atoms with Crippen molar-refractivity contribution in [2.75, 3.05) is 25.1 Å². The van der Waals surface area contributed by atoms with Crippen LogP contribution < -0.4 is 0 Å². The molecule has 2 heterocycles. The van der Waals surface area contributed by atoms with E-state index in [1.807, 2.05) is 11.8 Å². The fourth-order valence-corrected chi connectivity index (χ4v) is 3.74. The lowest BCUT2D eigenvalue weighted by molar-refractivity contribution is 0.0970. The van der Waals surface area contributed by atoms with Gasteiger partial charge in [0.1, 0.15) is 5.82 Å². The van der Waals surface area contributed by atoms with Crippen LogP contribution in [0.25, 0.3) is 0 Å². The molecular weight excluding hydrogens is 246 g/mol. The van der Waals surface area contributed by atoms with E-state index in [1.54, 1.807) is 6.20 Å². The maximum Gasteiger partial charge on any atom is 0.166 e. The van der Waals surface area contributed by atoms with E-state index in [0.717, 1.165) is 42.2 Å². The maximum absolute atomic E-state index is 11.7. The van der Waals surface area contributed by atoms with E-state index in [1.165, 1.54) is 5.75 Å². The van der Waals surface area contributed by atoms with Crippen molar-refractivity contribution in [1.82, 2.24) is 14.9 Å². The zero-order chi connectivity index (χ0) is 12.5. The summed E-state index contributed by atoms with van der Waals surface area (Å²) in [5.41, 5.74) is 1.70. The number of carbonyl (C=O) groups is 1. The van der Waals surface area contributed by atoms with Crippen LogP contribution in [0.3, 0.4) is 0 Å². The second kappa shape index (κ2) is 4.97. The highest BCUT2D eigenvalue weighted by Gasteiger charge is 2.26. The Hall–Kier alpha value is -0.940. The number of ketones is 1. The monoisotopic (exact) mass is 263 g/mol. The molecule has 0 amide bonds. The third kappa shape index (κ3) is 2.17. The zero-order valence-corrected chi connectivity index (χ0v) is 11.4. The molecule has 3 rings (SSSR count). The Bertz CT molecular complexity index is 477. The fraction of sp³-hybridized carbons (Fsp3) is 0.615. The topological polar surface area (TPSA) is 46.1 Å². The molecule has 1 atom stereocenters. The van der Waals surface area contributed by atoms with Crippen molar-refractivity contribution in [3.05, 3.63) is 23.3 Å². The van der Waals surface area contributed by atoms with Crippen molar-refractivity contribution in [3.8, 4) is 0 Å². The average molecular weight is 263 g/mol. The second-order valence-electron chi connectivity index (χ2n) is 4.94. The lowest BCUT2D eigenvalue weighted by Gasteiger charge is -2.31. The summed E-state index contributed by atoms with van der Waals surface area (Å²) in [4.78, 5) is 23.1. The van der Waals surface area contributed by atoms with E-state index in [9.17, 15) is 4.79 Å². The first-order valence-corrected chi connectivity index (χ1v) is 7.58. The molecular formula is C13H17N3OS. The standard InChI is InChI=1S/C13H17N3OS/c1-16-5-6-18-8-11(16)13-14-7-9-10(15-13)3-2-4-12(9)17/h7,11H,2-6,8H2,1H3. The average Bonchev–Trinajstić information content (AvgIpc) is 2.39. The summed E-state index contributed by atoms with van der Waals surface area (Å²) in [7, 11) is 2.12. The highest BCUT2D eigenvalue weighted by molar-refractivity contribution is 7.99. The summed E-state index contributed by atoms with van der Waals surface area (Å²) < 4.78 is 0. The number of carbonyl (C=O) groups excluding carboxylic acids is 1. The number of aryl methyl sites for hydroxylation is 1. The summed E-state index contributed by atoms with van der Waals surface area (Å²) in [5.74, 6) is 3.31. The molecule has 18 heavy (non-hydrogen) atoms. The maximum atomic E-state index is 11.7. The van der Waals surface area contributed by atoms with Gasteiger partial charge in [-0.25, -0.2) is 9.97 Å². The summed E-state index contributed by atoms with van der Waals surface area (Å²) in [6.45, 7) is 1.08. The molecule has 0 aromatic carbocycles. The quantitative estimate of drug-likeness (QED) is 0.772.